The normalized spacial score (nSPS) is 9.87. The van der Waals surface area contributed by atoms with Gasteiger partial charge < -0.3 is 0 Å². The van der Waals surface area contributed by atoms with Crippen LogP contribution in [-0.2, 0) is 9.59 Å². The summed E-state index contributed by atoms with van der Waals surface area (Å²) in [7, 11) is 0. The molecule has 4 nitrogen and oxygen atoms in total. The van der Waals surface area contributed by atoms with Crippen LogP contribution in [0.2, 0.25) is 0 Å². The topological polar surface area (TPSA) is 40.6 Å². The van der Waals surface area contributed by atoms with Gasteiger partial charge in [0.25, 0.3) is 0 Å². The van der Waals surface area contributed by atoms with Crippen LogP contribution in [-0.4, -0.2) is 48.1 Å². The van der Waals surface area contributed by atoms with E-state index < -0.39 is 0 Å². The fourth-order valence-electron chi connectivity index (χ4n) is 1.03. The summed E-state index contributed by atoms with van der Waals surface area (Å²) >= 11 is -0.177. The third kappa shape index (κ3) is 4.67. The Morgan fingerprint density at radius 3 is 1.40 bits per heavy atom. The van der Waals surface area contributed by atoms with E-state index in [2.05, 4.69) is 0 Å². The van der Waals surface area contributed by atoms with E-state index in [0.29, 0.717) is 25.9 Å². The minimum absolute atomic E-state index is 0.125. The van der Waals surface area contributed by atoms with Crippen molar-refractivity contribution in [2.24, 2.45) is 0 Å². The first-order chi connectivity index (χ1) is 7.10. The molecule has 0 aliphatic heterocycles. The van der Waals surface area contributed by atoms with E-state index >= 15 is 0 Å². The van der Waals surface area contributed by atoms with E-state index in [-0.39, 0.29) is 27.2 Å². The zero-order valence-corrected chi connectivity index (χ0v) is 11.7. The molecule has 0 fully saturated rings. The molecule has 0 saturated carbocycles. The van der Waals surface area contributed by atoms with Gasteiger partial charge in [-0.25, -0.2) is 0 Å². The predicted molar refractivity (Wildman–Crippen MR) is 61.1 cm³/mol. The quantitative estimate of drug-likeness (QED) is 0.682. The van der Waals surface area contributed by atoms with E-state index in [1.54, 1.807) is 7.83 Å². The molecule has 0 radical (unpaired) electrons. The summed E-state index contributed by atoms with van der Waals surface area (Å²) in [6.45, 7) is 8.94. The molecule has 0 unspecified atom stereocenters. The molecule has 0 spiro atoms. The first-order valence-corrected chi connectivity index (χ1v) is 6.92. The molecule has 2 amide bonds. The summed E-state index contributed by atoms with van der Waals surface area (Å²) < 4.78 is 3.54. The molecule has 0 aliphatic rings. The van der Waals surface area contributed by atoms with E-state index in [1.165, 1.54) is 0 Å². The van der Waals surface area contributed by atoms with Crippen LogP contribution in [0.1, 0.15) is 40.5 Å². The van der Waals surface area contributed by atoms with Crippen LogP contribution in [0.4, 0.5) is 0 Å². The molecule has 0 bridgehead atoms. The van der Waals surface area contributed by atoms with Gasteiger partial charge in [-0.1, -0.05) is 0 Å². The second-order valence-corrected chi connectivity index (χ2v) is 5.16. The third-order valence-electron chi connectivity index (χ3n) is 1.93. The Morgan fingerprint density at radius 2 is 1.20 bits per heavy atom. The SMILES string of the molecule is CCC(=O)N(CC)[Se]N(CC)C(=O)CC. The zero-order chi connectivity index (χ0) is 11.8. The van der Waals surface area contributed by atoms with Crippen molar-refractivity contribution in [2.45, 2.75) is 40.5 Å². The van der Waals surface area contributed by atoms with E-state index in [1.807, 2.05) is 27.7 Å². The molecule has 0 N–H and O–H groups in total. The van der Waals surface area contributed by atoms with Crippen LogP contribution >= 0.6 is 0 Å². The molecule has 0 aliphatic carbocycles. The average molecular weight is 279 g/mol. The number of rotatable bonds is 6. The number of nitrogens with zero attached hydrogens (tertiary/aromatic N) is 2. The first kappa shape index (κ1) is 14.5. The molecule has 15 heavy (non-hydrogen) atoms. The number of hydrogen-bond donors (Lipinski definition) is 0. The van der Waals surface area contributed by atoms with Crippen molar-refractivity contribution in [3.63, 3.8) is 0 Å². The van der Waals surface area contributed by atoms with E-state index in [4.69, 9.17) is 0 Å². The van der Waals surface area contributed by atoms with Crippen LogP contribution < -0.4 is 0 Å². The van der Waals surface area contributed by atoms with Crippen molar-refractivity contribution < 1.29 is 9.59 Å². The van der Waals surface area contributed by atoms with Crippen molar-refractivity contribution in [3.8, 4) is 0 Å². The Morgan fingerprint density at radius 1 is 0.867 bits per heavy atom. The van der Waals surface area contributed by atoms with Gasteiger partial charge in [0, 0.05) is 0 Å². The Kier molecular flexibility index (Phi) is 7.43. The number of amides is 2. The zero-order valence-electron chi connectivity index (χ0n) is 9.95. The Bertz CT molecular complexity index is 199. The second-order valence-electron chi connectivity index (χ2n) is 2.97. The molecule has 0 atom stereocenters. The van der Waals surface area contributed by atoms with Gasteiger partial charge in [0.05, 0.1) is 0 Å². The second kappa shape index (κ2) is 7.71. The van der Waals surface area contributed by atoms with Gasteiger partial charge in [-0.3, -0.25) is 0 Å². The van der Waals surface area contributed by atoms with Crippen LogP contribution in [0.25, 0.3) is 0 Å². The van der Waals surface area contributed by atoms with Gasteiger partial charge in [-0.15, -0.1) is 0 Å². The molecule has 0 aromatic rings. The Labute approximate surface area is 98.6 Å². The summed E-state index contributed by atoms with van der Waals surface area (Å²) in [4.78, 5) is 23.0. The van der Waals surface area contributed by atoms with Crippen LogP contribution in [0, 0.1) is 0 Å². The van der Waals surface area contributed by atoms with Crippen molar-refractivity contribution in [1.29, 1.82) is 0 Å². The summed E-state index contributed by atoms with van der Waals surface area (Å²) in [5, 5.41) is 0. The summed E-state index contributed by atoms with van der Waals surface area (Å²) in [6, 6.07) is 0. The Balaban J connectivity index is 4.36. The van der Waals surface area contributed by atoms with Crippen molar-refractivity contribution in [2.75, 3.05) is 13.1 Å². The van der Waals surface area contributed by atoms with Gasteiger partial charge in [-0.2, -0.15) is 0 Å². The number of carbonyl (C=O) groups excluding carboxylic acids is 2. The average Bonchev–Trinajstić information content (AvgIpc) is 2.28. The van der Waals surface area contributed by atoms with Gasteiger partial charge in [0.15, 0.2) is 0 Å². The van der Waals surface area contributed by atoms with Gasteiger partial charge >= 0.3 is 98.3 Å². The van der Waals surface area contributed by atoms with E-state index in [9.17, 15) is 9.59 Å². The number of carbonyl (C=O) groups is 2. The molecule has 5 heteroatoms. The van der Waals surface area contributed by atoms with Gasteiger partial charge in [0.2, 0.25) is 0 Å². The third-order valence-corrected chi connectivity index (χ3v) is 4.70. The predicted octanol–water partition coefficient (Wildman–Crippen LogP) is 1.04. The standard InChI is InChI=1S/C10H20N2O2Se/c1-5-9(13)11(7-3)15-12(8-4)10(14)6-2/h5-8H2,1-4H3. The molecule has 0 aromatic heterocycles. The first-order valence-electron chi connectivity index (χ1n) is 5.39. The monoisotopic (exact) mass is 280 g/mol. The molecular formula is C10H20N2O2Se. The Hall–Kier alpha value is -0.541. The summed E-state index contributed by atoms with van der Waals surface area (Å²) in [6.07, 6.45) is 1.01. The summed E-state index contributed by atoms with van der Waals surface area (Å²) in [5.41, 5.74) is 0. The van der Waals surface area contributed by atoms with Crippen LogP contribution in [0.5, 0.6) is 0 Å². The number of hydrogen-bond acceptors (Lipinski definition) is 2. The molecule has 0 heterocycles. The van der Waals surface area contributed by atoms with Crippen molar-refractivity contribution >= 4 is 27.2 Å². The summed E-state index contributed by atoms with van der Waals surface area (Å²) in [5.74, 6) is 0.250. The van der Waals surface area contributed by atoms with Crippen molar-refractivity contribution in [3.05, 3.63) is 0 Å². The maximum absolute atomic E-state index is 11.5. The van der Waals surface area contributed by atoms with Gasteiger partial charge in [-0.05, 0) is 0 Å². The van der Waals surface area contributed by atoms with Crippen LogP contribution in [0.15, 0.2) is 0 Å². The molecular weight excluding hydrogens is 259 g/mol. The maximum atomic E-state index is 11.5. The fraction of sp³-hybridized carbons (Fsp3) is 0.800. The fourth-order valence-corrected chi connectivity index (χ4v) is 2.94. The molecule has 0 rings (SSSR count). The van der Waals surface area contributed by atoms with Gasteiger partial charge in [0.1, 0.15) is 0 Å². The van der Waals surface area contributed by atoms with Crippen molar-refractivity contribution in [1.82, 2.24) is 7.83 Å². The molecule has 0 aromatic carbocycles. The molecule has 0 saturated heterocycles. The molecule has 88 valence electrons. The minimum atomic E-state index is -0.177. The van der Waals surface area contributed by atoms with Crippen LogP contribution in [0.3, 0.4) is 0 Å². The van der Waals surface area contributed by atoms with E-state index in [0.717, 1.165) is 0 Å².